The van der Waals surface area contributed by atoms with E-state index in [1.54, 1.807) is 0 Å². The summed E-state index contributed by atoms with van der Waals surface area (Å²) in [6.45, 7) is 2.87. The SMILES string of the molecule is CCN(C(=O)c1cc(Br)c(Br)s1)C1CCCC1. The highest BCUT2D eigenvalue weighted by molar-refractivity contribution is 9.13. The van der Waals surface area contributed by atoms with Crippen LogP contribution in [-0.4, -0.2) is 23.4 Å². The van der Waals surface area contributed by atoms with Crippen LogP contribution in [0.1, 0.15) is 42.3 Å². The zero-order valence-corrected chi connectivity index (χ0v) is 13.7. The van der Waals surface area contributed by atoms with Crippen molar-refractivity contribution in [3.63, 3.8) is 0 Å². The Balaban J connectivity index is 2.16. The zero-order valence-electron chi connectivity index (χ0n) is 9.71. The molecule has 0 saturated heterocycles. The van der Waals surface area contributed by atoms with Crippen molar-refractivity contribution >= 4 is 49.1 Å². The van der Waals surface area contributed by atoms with E-state index < -0.39 is 0 Å². The van der Waals surface area contributed by atoms with Crippen LogP contribution < -0.4 is 0 Å². The van der Waals surface area contributed by atoms with Crippen molar-refractivity contribution in [3.8, 4) is 0 Å². The van der Waals surface area contributed by atoms with Crippen LogP contribution in [0.25, 0.3) is 0 Å². The number of halogens is 2. The van der Waals surface area contributed by atoms with E-state index in [1.807, 2.05) is 11.0 Å². The molecule has 1 heterocycles. The molecule has 1 amide bonds. The number of hydrogen-bond donors (Lipinski definition) is 0. The molecule has 17 heavy (non-hydrogen) atoms. The maximum absolute atomic E-state index is 12.4. The first-order valence-corrected chi connectivity index (χ1v) is 8.29. The summed E-state index contributed by atoms with van der Waals surface area (Å²) in [4.78, 5) is 15.3. The summed E-state index contributed by atoms with van der Waals surface area (Å²) >= 11 is 8.38. The summed E-state index contributed by atoms with van der Waals surface area (Å²) in [5.74, 6) is 0.177. The van der Waals surface area contributed by atoms with Crippen molar-refractivity contribution in [2.75, 3.05) is 6.54 Å². The van der Waals surface area contributed by atoms with Gasteiger partial charge in [-0.1, -0.05) is 12.8 Å². The van der Waals surface area contributed by atoms with Crippen molar-refractivity contribution in [1.29, 1.82) is 0 Å². The van der Waals surface area contributed by atoms with Crippen LogP contribution in [0, 0.1) is 0 Å². The molecule has 0 aliphatic heterocycles. The van der Waals surface area contributed by atoms with Gasteiger partial charge in [-0.05, 0) is 57.7 Å². The Morgan fingerprint density at radius 3 is 2.59 bits per heavy atom. The number of nitrogens with zero attached hydrogens (tertiary/aromatic N) is 1. The number of rotatable bonds is 3. The van der Waals surface area contributed by atoms with Crippen molar-refractivity contribution in [1.82, 2.24) is 4.90 Å². The Labute approximate surface area is 123 Å². The summed E-state index contributed by atoms with van der Waals surface area (Å²) in [5, 5.41) is 0. The molecule has 1 aromatic heterocycles. The first kappa shape index (κ1) is 13.6. The number of carbonyl (C=O) groups excluding carboxylic acids is 1. The lowest BCUT2D eigenvalue weighted by Gasteiger charge is -2.27. The van der Waals surface area contributed by atoms with Gasteiger partial charge < -0.3 is 4.90 Å². The van der Waals surface area contributed by atoms with Gasteiger partial charge in [-0.3, -0.25) is 4.79 Å². The normalized spacial score (nSPS) is 16.4. The first-order valence-electron chi connectivity index (χ1n) is 5.89. The van der Waals surface area contributed by atoms with Crippen LogP contribution in [0.3, 0.4) is 0 Å². The molecule has 1 fully saturated rings. The molecule has 1 saturated carbocycles. The molecule has 0 aromatic carbocycles. The van der Waals surface area contributed by atoms with E-state index in [0.717, 1.165) is 32.5 Å². The van der Waals surface area contributed by atoms with Crippen LogP contribution in [0.2, 0.25) is 0 Å². The van der Waals surface area contributed by atoms with E-state index in [4.69, 9.17) is 0 Å². The molecular weight excluding hydrogens is 366 g/mol. The molecule has 2 rings (SSSR count). The largest absolute Gasteiger partial charge is 0.335 e. The number of carbonyl (C=O) groups is 1. The van der Waals surface area contributed by atoms with E-state index in [0.29, 0.717) is 6.04 Å². The highest BCUT2D eigenvalue weighted by atomic mass is 79.9. The molecule has 1 aromatic rings. The maximum atomic E-state index is 12.4. The minimum atomic E-state index is 0.177. The summed E-state index contributed by atoms with van der Waals surface area (Å²) in [5.41, 5.74) is 0. The second-order valence-corrected chi connectivity index (χ2v) is 7.49. The Morgan fingerprint density at radius 1 is 1.47 bits per heavy atom. The summed E-state index contributed by atoms with van der Waals surface area (Å²) in [6.07, 6.45) is 4.83. The predicted octanol–water partition coefficient (Wildman–Crippen LogP) is 4.68. The zero-order chi connectivity index (χ0) is 12.4. The third-order valence-corrected chi connectivity index (χ3v) is 6.47. The van der Waals surface area contributed by atoms with Gasteiger partial charge in [0.2, 0.25) is 0 Å². The summed E-state index contributed by atoms with van der Waals surface area (Å²) in [6, 6.07) is 2.36. The molecule has 94 valence electrons. The Bertz CT molecular complexity index is 393. The fourth-order valence-corrected chi connectivity index (χ4v) is 4.37. The minimum Gasteiger partial charge on any atom is -0.335 e. The lowest BCUT2D eigenvalue weighted by Crippen LogP contribution is -2.38. The second-order valence-electron chi connectivity index (χ2n) is 4.26. The van der Waals surface area contributed by atoms with E-state index in [-0.39, 0.29) is 5.91 Å². The van der Waals surface area contributed by atoms with Gasteiger partial charge in [0.15, 0.2) is 0 Å². The molecule has 5 heteroatoms. The van der Waals surface area contributed by atoms with Gasteiger partial charge in [-0.15, -0.1) is 11.3 Å². The van der Waals surface area contributed by atoms with E-state index in [9.17, 15) is 4.79 Å². The smallest absolute Gasteiger partial charge is 0.264 e. The number of hydrogen-bond acceptors (Lipinski definition) is 2. The van der Waals surface area contributed by atoms with Gasteiger partial charge >= 0.3 is 0 Å². The average molecular weight is 381 g/mol. The Hall–Kier alpha value is 0.130. The first-order chi connectivity index (χ1) is 8.13. The molecule has 2 nitrogen and oxygen atoms in total. The highest BCUT2D eigenvalue weighted by Crippen LogP contribution is 2.34. The standard InChI is InChI=1S/C12H15Br2NOS/c1-2-15(8-5-3-4-6-8)12(16)10-7-9(13)11(14)17-10/h7-8H,2-6H2,1H3. The van der Waals surface area contributed by atoms with Gasteiger partial charge in [0.05, 0.1) is 8.66 Å². The van der Waals surface area contributed by atoms with Crippen LogP contribution in [-0.2, 0) is 0 Å². The molecule has 1 aliphatic rings. The van der Waals surface area contributed by atoms with E-state index >= 15 is 0 Å². The predicted molar refractivity (Wildman–Crippen MR) is 78.7 cm³/mol. The van der Waals surface area contributed by atoms with Crippen LogP contribution >= 0.6 is 43.2 Å². The fourth-order valence-electron chi connectivity index (χ4n) is 2.38. The van der Waals surface area contributed by atoms with Crippen LogP contribution in [0.15, 0.2) is 14.3 Å². The van der Waals surface area contributed by atoms with Gasteiger partial charge in [0.1, 0.15) is 0 Å². The Morgan fingerprint density at radius 2 is 2.12 bits per heavy atom. The lowest BCUT2D eigenvalue weighted by atomic mass is 10.2. The fraction of sp³-hybridized carbons (Fsp3) is 0.583. The van der Waals surface area contributed by atoms with Crippen molar-refractivity contribution in [2.45, 2.75) is 38.6 Å². The van der Waals surface area contributed by atoms with Crippen molar-refractivity contribution in [3.05, 3.63) is 19.2 Å². The van der Waals surface area contributed by atoms with Gasteiger partial charge in [0, 0.05) is 17.1 Å². The second kappa shape index (κ2) is 5.85. The molecule has 0 spiro atoms. The van der Waals surface area contributed by atoms with Crippen molar-refractivity contribution < 1.29 is 4.79 Å². The lowest BCUT2D eigenvalue weighted by molar-refractivity contribution is 0.0698. The summed E-state index contributed by atoms with van der Waals surface area (Å²) < 4.78 is 1.96. The van der Waals surface area contributed by atoms with Crippen LogP contribution in [0.5, 0.6) is 0 Å². The topological polar surface area (TPSA) is 20.3 Å². The molecule has 0 bridgehead atoms. The highest BCUT2D eigenvalue weighted by Gasteiger charge is 2.27. The van der Waals surface area contributed by atoms with Crippen molar-refractivity contribution in [2.24, 2.45) is 0 Å². The Kier molecular flexibility index (Phi) is 4.66. The molecule has 0 radical (unpaired) electrons. The summed E-state index contributed by atoms with van der Waals surface area (Å²) in [7, 11) is 0. The maximum Gasteiger partial charge on any atom is 0.264 e. The molecular formula is C12H15Br2NOS. The minimum absolute atomic E-state index is 0.177. The van der Waals surface area contributed by atoms with E-state index in [1.165, 1.54) is 24.2 Å². The molecule has 0 unspecified atom stereocenters. The molecule has 0 N–H and O–H groups in total. The number of amides is 1. The van der Waals surface area contributed by atoms with E-state index in [2.05, 4.69) is 38.8 Å². The molecule has 0 atom stereocenters. The van der Waals surface area contributed by atoms with Gasteiger partial charge in [-0.2, -0.15) is 0 Å². The average Bonchev–Trinajstić information content (AvgIpc) is 2.91. The van der Waals surface area contributed by atoms with Gasteiger partial charge in [0.25, 0.3) is 5.91 Å². The number of thiophene rings is 1. The monoisotopic (exact) mass is 379 g/mol. The quantitative estimate of drug-likeness (QED) is 0.745. The third-order valence-electron chi connectivity index (χ3n) is 3.22. The third kappa shape index (κ3) is 2.93. The van der Waals surface area contributed by atoms with Crippen LogP contribution in [0.4, 0.5) is 0 Å². The van der Waals surface area contributed by atoms with Gasteiger partial charge in [-0.25, -0.2) is 0 Å². The molecule has 1 aliphatic carbocycles.